The van der Waals surface area contributed by atoms with Gasteiger partial charge in [-0.3, -0.25) is 0 Å². The molecular weight excluding hydrogens is 366 g/mol. The van der Waals surface area contributed by atoms with E-state index in [0.29, 0.717) is 3.63 Å². The summed E-state index contributed by atoms with van der Waals surface area (Å²) in [5, 5.41) is 2.78. The molecule has 0 radical (unpaired) electrons. The zero-order valence-electron chi connectivity index (χ0n) is 10.6. The first-order valence-electron chi connectivity index (χ1n) is 6.18. The van der Waals surface area contributed by atoms with Crippen LogP contribution in [0, 0.1) is 0 Å². The molecule has 0 saturated heterocycles. The molecule has 0 bridgehead atoms. The fraction of sp³-hybridized carbons (Fsp3) is 0.0588. The molecule has 0 saturated carbocycles. The van der Waals surface area contributed by atoms with Gasteiger partial charge in [-0.1, -0.05) is 0 Å². The molecule has 3 aromatic carbocycles. The third-order valence-electron chi connectivity index (χ3n) is 3.82. The van der Waals surface area contributed by atoms with E-state index in [1.54, 1.807) is 24.7 Å². The second kappa shape index (κ2) is 6.02. The first-order valence-corrected chi connectivity index (χ1v) is 7.60. The van der Waals surface area contributed by atoms with E-state index in [-0.39, 0.29) is 24.8 Å². The maximum atomic E-state index is 2.29. The van der Waals surface area contributed by atoms with Crippen molar-refractivity contribution < 1.29 is 49.5 Å². The van der Waals surface area contributed by atoms with Gasteiger partial charge in [-0.2, -0.15) is 0 Å². The molecule has 1 aliphatic carbocycles. The Labute approximate surface area is 146 Å². The maximum absolute atomic E-state index is 2.29. The van der Waals surface area contributed by atoms with E-state index in [2.05, 4.69) is 60.7 Å². The first-order chi connectivity index (χ1) is 8.86. The van der Waals surface area contributed by atoms with Crippen molar-refractivity contribution in [3.63, 3.8) is 0 Å². The van der Waals surface area contributed by atoms with Crippen LogP contribution in [0.15, 0.2) is 60.7 Å². The normalized spacial score (nSPS) is 15.0. The van der Waals surface area contributed by atoms with Gasteiger partial charge in [-0.25, -0.2) is 0 Å². The van der Waals surface area contributed by atoms with E-state index in [0.717, 1.165) is 0 Å². The minimum atomic E-state index is 0. The van der Waals surface area contributed by atoms with Crippen LogP contribution in [0.1, 0.15) is 14.8 Å². The van der Waals surface area contributed by atoms with Crippen LogP contribution in [0.2, 0.25) is 0 Å². The van der Waals surface area contributed by atoms with E-state index >= 15 is 0 Å². The molecule has 1 aliphatic rings. The second-order valence-electron chi connectivity index (χ2n) is 4.77. The van der Waals surface area contributed by atoms with Crippen LogP contribution in [-0.2, 0) is 24.7 Å². The Hall–Kier alpha value is -0.617. The van der Waals surface area contributed by atoms with Crippen LogP contribution in [0.25, 0.3) is 21.9 Å². The number of fused-ring (bicyclic) bond motifs is 5. The summed E-state index contributed by atoms with van der Waals surface area (Å²) < 4.78 is 0.592. The minimum absolute atomic E-state index is 0. The fourth-order valence-electron chi connectivity index (χ4n) is 2.99. The molecule has 20 heavy (non-hydrogen) atoms. The Balaban J connectivity index is 0.000000735. The van der Waals surface area contributed by atoms with Crippen molar-refractivity contribution in [3.05, 3.63) is 71.8 Å². The Morgan fingerprint density at radius 2 is 1.40 bits per heavy atom. The summed E-state index contributed by atoms with van der Waals surface area (Å²) in [6, 6.07) is 22.1. The molecule has 0 aliphatic heterocycles. The van der Waals surface area contributed by atoms with Gasteiger partial charge in [0.25, 0.3) is 0 Å². The van der Waals surface area contributed by atoms with Crippen molar-refractivity contribution in [2.24, 2.45) is 0 Å². The van der Waals surface area contributed by atoms with Crippen molar-refractivity contribution in [1.82, 2.24) is 0 Å². The molecular formula is C17H11Cl2Zr. The van der Waals surface area contributed by atoms with Gasteiger partial charge in [0.1, 0.15) is 0 Å². The molecule has 0 N–H and O–H groups in total. The SMILES string of the molecule is [Cl-].[Cl-].[Zr+2][CH]1c2ccccc2-c2ccc3ccccc3c21. The molecule has 4 rings (SSSR count). The third-order valence-corrected chi connectivity index (χ3v) is 5.30. The van der Waals surface area contributed by atoms with E-state index in [4.69, 9.17) is 0 Å². The summed E-state index contributed by atoms with van der Waals surface area (Å²) in [4.78, 5) is 0. The number of hydrogen-bond donors (Lipinski definition) is 0. The molecule has 0 fully saturated rings. The topological polar surface area (TPSA) is 0 Å². The standard InChI is InChI=1S/C17H11.2ClH.Zr/c1-3-7-14-12(5-1)9-10-16-15-8-4-2-6-13(15)11-17(14)16;;;/h1-11H;2*1H;/q;;;+2/p-2. The van der Waals surface area contributed by atoms with Crippen molar-refractivity contribution in [1.29, 1.82) is 0 Å². The molecule has 0 aromatic heterocycles. The quantitative estimate of drug-likeness (QED) is 0.446. The summed E-state index contributed by atoms with van der Waals surface area (Å²) >= 11 is 1.58. The molecule has 1 unspecified atom stereocenters. The third kappa shape index (κ3) is 2.17. The van der Waals surface area contributed by atoms with Crippen molar-refractivity contribution >= 4 is 10.8 Å². The van der Waals surface area contributed by atoms with Crippen LogP contribution in [0.5, 0.6) is 0 Å². The number of benzene rings is 3. The Morgan fingerprint density at radius 3 is 2.25 bits per heavy atom. The molecule has 0 nitrogen and oxygen atoms in total. The Kier molecular flexibility index (Phi) is 4.74. The van der Waals surface area contributed by atoms with Crippen LogP contribution in [0.4, 0.5) is 0 Å². The summed E-state index contributed by atoms with van der Waals surface area (Å²) in [5.74, 6) is 0. The zero-order chi connectivity index (χ0) is 12.1. The van der Waals surface area contributed by atoms with Gasteiger partial charge in [0, 0.05) is 0 Å². The number of hydrogen-bond acceptors (Lipinski definition) is 0. The predicted molar refractivity (Wildman–Crippen MR) is 71.2 cm³/mol. The van der Waals surface area contributed by atoms with Gasteiger partial charge in [0.2, 0.25) is 0 Å². The Bertz CT molecular complexity index is 768. The van der Waals surface area contributed by atoms with Crippen LogP contribution >= 0.6 is 0 Å². The van der Waals surface area contributed by atoms with Gasteiger partial charge in [0.05, 0.1) is 0 Å². The molecule has 0 amide bonds. The summed E-state index contributed by atoms with van der Waals surface area (Å²) in [6.07, 6.45) is 0. The van der Waals surface area contributed by atoms with E-state index in [1.807, 2.05) is 0 Å². The Morgan fingerprint density at radius 1 is 0.700 bits per heavy atom. The van der Waals surface area contributed by atoms with Gasteiger partial charge in [0.15, 0.2) is 0 Å². The fourth-order valence-corrected chi connectivity index (χ4v) is 4.37. The summed E-state index contributed by atoms with van der Waals surface area (Å²) in [6.45, 7) is 0. The van der Waals surface area contributed by atoms with Crippen molar-refractivity contribution in [2.45, 2.75) is 3.63 Å². The van der Waals surface area contributed by atoms with E-state index in [1.165, 1.54) is 33.0 Å². The second-order valence-corrected chi connectivity index (χ2v) is 6.19. The summed E-state index contributed by atoms with van der Waals surface area (Å²) in [5.41, 5.74) is 5.90. The van der Waals surface area contributed by atoms with Crippen molar-refractivity contribution in [3.8, 4) is 11.1 Å². The zero-order valence-corrected chi connectivity index (χ0v) is 14.6. The molecule has 1 atom stereocenters. The first kappa shape index (κ1) is 15.8. The number of halogens is 2. The van der Waals surface area contributed by atoms with Gasteiger partial charge < -0.3 is 24.8 Å². The molecule has 0 heterocycles. The van der Waals surface area contributed by atoms with Crippen LogP contribution in [-0.4, -0.2) is 0 Å². The average Bonchev–Trinajstić information content (AvgIpc) is 2.73. The van der Waals surface area contributed by atoms with Crippen molar-refractivity contribution in [2.75, 3.05) is 0 Å². The molecule has 3 heteroatoms. The predicted octanol–water partition coefficient (Wildman–Crippen LogP) is -1.54. The number of rotatable bonds is 0. The van der Waals surface area contributed by atoms with Crippen LogP contribution in [0.3, 0.4) is 0 Å². The average molecular weight is 377 g/mol. The van der Waals surface area contributed by atoms with Gasteiger partial charge in [-0.05, 0) is 0 Å². The van der Waals surface area contributed by atoms with E-state index in [9.17, 15) is 0 Å². The van der Waals surface area contributed by atoms with Gasteiger partial charge in [-0.15, -0.1) is 0 Å². The monoisotopic (exact) mass is 375 g/mol. The molecule has 97 valence electrons. The van der Waals surface area contributed by atoms with E-state index < -0.39 is 0 Å². The molecule has 0 spiro atoms. The summed E-state index contributed by atoms with van der Waals surface area (Å²) in [7, 11) is 0. The van der Waals surface area contributed by atoms with Gasteiger partial charge >= 0.3 is 122 Å². The van der Waals surface area contributed by atoms with Crippen LogP contribution < -0.4 is 24.8 Å². The molecule has 3 aromatic rings.